The molecule has 0 saturated heterocycles. The normalized spacial score (nSPS) is 9.00. The van der Waals surface area contributed by atoms with E-state index in [2.05, 4.69) is 11.9 Å². The highest BCUT2D eigenvalue weighted by molar-refractivity contribution is 7.80. The Balaban J connectivity index is 2.69. The van der Waals surface area contributed by atoms with Crippen LogP contribution in [0.3, 0.4) is 0 Å². The first-order valence-corrected chi connectivity index (χ1v) is 4.24. The molecule has 0 fully saturated rings. The number of ether oxygens (including phenoxy) is 1. The van der Waals surface area contributed by atoms with Crippen molar-refractivity contribution in [1.82, 2.24) is 0 Å². The monoisotopic (exact) mass is 193 g/mol. The van der Waals surface area contributed by atoms with E-state index in [0.717, 1.165) is 11.3 Å². The van der Waals surface area contributed by atoms with E-state index >= 15 is 0 Å². The van der Waals surface area contributed by atoms with Crippen molar-refractivity contribution in [3.05, 3.63) is 36.4 Å². The van der Waals surface area contributed by atoms with Crippen LogP contribution in [0.5, 0.6) is 0 Å². The molecule has 0 unspecified atom stereocenters. The van der Waals surface area contributed by atoms with Crippen LogP contribution in [0, 0.1) is 0 Å². The second kappa shape index (κ2) is 4.62. The first kappa shape index (κ1) is 9.74. The smallest absolute Gasteiger partial charge is 0.260 e. The average molecular weight is 193 g/mol. The van der Waals surface area contributed by atoms with E-state index in [9.17, 15) is 0 Å². The lowest BCUT2D eigenvalue weighted by molar-refractivity contribution is 0.413. The molecule has 13 heavy (non-hydrogen) atoms. The van der Waals surface area contributed by atoms with Crippen molar-refractivity contribution >= 4 is 29.2 Å². The number of thiocarbonyl (C=S) groups is 1. The van der Waals surface area contributed by atoms with Crippen molar-refractivity contribution in [2.45, 2.75) is 0 Å². The van der Waals surface area contributed by atoms with Gasteiger partial charge in [0.05, 0.1) is 7.11 Å². The Hall–Kier alpha value is -1.35. The van der Waals surface area contributed by atoms with Gasteiger partial charge in [-0.05, 0) is 29.9 Å². The molecule has 0 spiro atoms. The van der Waals surface area contributed by atoms with Gasteiger partial charge in [-0.15, -0.1) is 0 Å². The van der Waals surface area contributed by atoms with Crippen LogP contribution in [0.1, 0.15) is 5.56 Å². The van der Waals surface area contributed by atoms with Crippen LogP contribution < -0.4 is 5.32 Å². The van der Waals surface area contributed by atoms with Gasteiger partial charge in [0.1, 0.15) is 0 Å². The van der Waals surface area contributed by atoms with Crippen LogP contribution in [0.4, 0.5) is 5.69 Å². The van der Waals surface area contributed by atoms with Gasteiger partial charge in [0.15, 0.2) is 0 Å². The van der Waals surface area contributed by atoms with Crippen molar-refractivity contribution in [2.75, 3.05) is 12.4 Å². The molecular formula is C10H11NOS. The number of hydrogen-bond donors (Lipinski definition) is 1. The summed E-state index contributed by atoms with van der Waals surface area (Å²) in [7, 11) is 1.54. The lowest BCUT2D eigenvalue weighted by Crippen LogP contribution is -2.10. The van der Waals surface area contributed by atoms with Crippen LogP contribution in [-0.4, -0.2) is 12.3 Å². The standard InChI is InChI=1S/C10H11NOS/c1-3-8-4-6-9(7-5-8)11-10(13)12-2/h3-7H,1H2,2H3,(H,11,13). The molecular weight excluding hydrogens is 182 g/mol. The Morgan fingerprint density at radius 3 is 2.54 bits per heavy atom. The maximum Gasteiger partial charge on any atom is 0.260 e. The highest BCUT2D eigenvalue weighted by Gasteiger charge is 1.94. The van der Waals surface area contributed by atoms with Crippen LogP contribution >= 0.6 is 12.2 Å². The maximum absolute atomic E-state index is 4.84. The molecule has 1 aromatic rings. The fourth-order valence-corrected chi connectivity index (χ4v) is 0.989. The van der Waals surface area contributed by atoms with Crippen molar-refractivity contribution in [2.24, 2.45) is 0 Å². The van der Waals surface area contributed by atoms with E-state index in [1.807, 2.05) is 24.3 Å². The molecule has 1 N–H and O–H groups in total. The van der Waals surface area contributed by atoms with E-state index in [-0.39, 0.29) is 0 Å². The minimum absolute atomic E-state index is 0.367. The summed E-state index contributed by atoms with van der Waals surface area (Å²) < 4.78 is 4.81. The van der Waals surface area contributed by atoms with Crippen LogP contribution in [-0.2, 0) is 4.74 Å². The molecule has 0 aliphatic heterocycles. The molecule has 0 atom stereocenters. The van der Waals surface area contributed by atoms with Gasteiger partial charge in [-0.2, -0.15) is 0 Å². The van der Waals surface area contributed by atoms with Crippen LogP contribution in [0.25, 0.3) is 6.08 Å². The molecule has 0 aliphatic carbocycles. The number of nitrogens with one attached hydrogen (secondary N) is 1. The third kappa shape index (κ3) is 2.87. The lowest BCUT2D eigenvalue weighted by atomic mass is 10.2. The molecule has 2 nitrogen and oxygen atoms in total. The molecule has 3 heteroatoms. The van der Waals surface area contributed by atoms with Gasteiger partial charge in [-0.25, -0.2) is 0 Å². The zero-order valence-corrected chi connectivity index (χ0v) is 8.23. The number of anilines is 1. The summed E-state index contributed by atoms with van der Waals surface area (Å²) in [5.41, 5.74) is 1.99. The van der Waals surface area contributed by atoms with Crippen molar-refractivity contribution in [1.29, 1.82) is 0 Å². The summed E-state index contributed by atoms with van der Waals surface area (Å²) in [6.07, 6.45) is 1.79. The lowest BCUT2D eigenvalue weighted by Gasteiger charge is -2.05. The molecule has 1 aromatic carbocycles. The van der Waals surface area contributed by atoms with Crippen LogP contribution in [0.2, 0.25) is 0 Å². The highest BCUT2D eigenvalue weighted by atomic mass is 32.1. The molecule has 0 aliphatic rings. The van der Waals surface area contributed by atoms with Gasteiger partial charge >= 0.3 is 0 Å². The summed E-state index contributed by atoms with van der Waals surface area (Å²) >= 11 is 4.84. The summed E-state index contributed by atoms with van der Waals surface area (Å²) in [5.74, 6) is 0. The summed E-state index contributed by atoms with van der Waals surface area (Å²) in [6.45, 7) is 3.67. The Morgan fingerprint density at radius 2 is 2.08 bits per heavy atom. The van der Waals surface area contributed by atoms with E-state index in [1.165, 1.54) is 7.11 Å². The molecule has 0 saturated carbocycles. The predicted octanol–water partition coefficient (Wildman–Crippen LogP) is 2.67. The predicted molar refractivity (Wildman–Crippen MR) is 59.8 cm³/mol. The fourth-order valence-electron chi connectivity index (χ4n) is 0.871. The van der Waals surface area contributed by atoms with Crippen LogP contribution in [0.15, 0.2) is 30.8 Å². The Kier molecular flexibility index (Phi) is 3.46. The number of hydrogen-bond acceptors (Lipinski definition) is 2. The SMILES string of the molecule is C=Cc1ccc(NC(=S)OC)cc1. The van der Waals surface area contributed by atoms with Gasteiger partial charge in [0, 0.05) is 5.69 Å². The fraction of sp³-hybridized carbons (Fsp3) is 0.100. The topological polar surface area (TPSA) is 21.3 Å². The quantitative estimate of drug-likeness (QED) is 0.730. The number of benzene rings is 1. The van der Waals surface area contributed by atoms with Crippen molar-refractivity contribution in [3.8, 4) is 0 Å². The zero-order chi connectivity index (χ0) is 9.68. The maximum atomic E-state index is 4.84. The second-order valence-electron chi connectivity index (χ2n) is 2.44. The largest absolute Gasteiger partial charge is 0.474 e. The Bertz CT molecular complexity index is 305. The van der Waals surface area contributed by atoms with Crippen molar-refractivity contribution in [3.63, 3.8) is 0 Å². The van der Waals surface area contributed by atoms with E-state index in [0.29, 0.717) is 5.17 Å². The first-order valence-electron chi connectivity index (χ1n) is 3.83. The summed E-state index contributed by atoms with van der Waals surface area (Å²) in [6, 6.07) is 7.74. The second-order valence-corrected chi connectivity index (χ2v) is 2.81. The first-order chi connectivity index (χ1) is 6.26. The van der Waals surface area contributed by atoms with E-state index in [1.54, 1.807) is 6.08 Å². The summed E-state index contributed by atoms with van der Waals surface area (Å²) in [4.78, 5) is 0. The van der Waals surface area contributed by atoms with Gasteiger partial charge in [0.25, 0.3) is 5.17 Å². The van der Waals surface area contributed by atoms with Gasteiger partial charge < -0.3 is 10.1 Å². The Labute approximate surface area is 83.2 Å². The van der Waals surface area contributed by atoms with E-state index in [4.69, 9.17) is 17.0 Å². The number of rotatable bonds is 2. The third-order valence-electron chi connectivity index (χ3n) is 1.58. The molecule has 0 heterocycles. The minimum atomic E-state index is 0.367. The van der Waals surface area contributed by atoms with Crippen molar-refractivity contribution < 1.29 is 4.74 Å². The third-order valence-corrected chi connectivity index (χ3v) is 1.85. The average Bonchev–Trinajstić information content (AvgIpc) is 2.19. The molecule has 0 amide bonds. The number of methoxy groups -OCH3 is 1. The van der Waals surface area contributed by atoms with Gasteiger partial charge in [-0.1, -0.05) is 24.8 Å². The molecule has 1 rings (SSSR count). The van der Waals surface area contributed by atoms with Gasteiger partial charge in [0.2, 0.25) is 0 Å². The minimum Gasteiger partial charge on any atom is -0.474 e. The summed E-state index contributed by atoms with van der Waals surface area (Å²) in [5, 5.41) is 3.28. The molecule has 68 valence electrons. The highest BCUT2D eigenvalue weighted by Crippen LogP contribution is 2.10. The molecule has 0 radical (unpaired) electrons. The zero-order valence-electron chi connectivity index (χ0n) is 7.41. The van der Waals surface area contributed by atoms with Gasteiger partial charge in [-0.3, -0.25) is 0 Å². The molecule has 0 bridgehead atoms. The molecule has 0 aromatic heterocycles. The Morgan fingerprint density at radius 1 is 1.46 bits per heavy atom. The van der Waals surface area contributed by atoms with E-state index < -0.39 is 0 Å².